The molecule has 30 heavy (non-hydrogen) atoms. The highest BCUT2D eigenvalue weighted by Crippen LogP contribution is 2.44. The maximum absolute atomic E-state index is 13.1. The molecule has 0 saturated heterocycles. The molecule has 1 saturated carbocycles. The fourth-order valence-electron chi connectivity index (χ4n) is 3.53. The predicted octanol–water partition coefficient (Wildman–Crippen LogP) is 5.19. The van der Waals surface area contributed by atoms with Gasteiger partial charge in [0, 0.05) is 22.5 Å². The second-order valence-corrected chi connectivity index (χ2v) is 7.73. The zero-order valence-electron chi connectivity index (χ0n) is 16.0. The van der Waals surface area contributed by atoms with Gasteiger partial charge in [-0.1, -0.05) is 30.2 Å². The molecule has 0 bridgehead atoms. The number of pyridine rings is 1. The van der Waals surface area contributed by atoms with E-state index in [-0.39, 0.29) is 17.6 Å². The van der Waals surface area contributed by atoms with E-state index in [9.17, 15) is 14.0 Å². The molecule has 1 aromatic heterocycles. The number of nitrogens with zero attached hydrogens (tertiary/aromatic N) is 1. The number of halogens is 2. The van der Waals surface area contributed by atoms with Crippen molar-refractivity contribution in [2.24, 2.45) is 0 Å². The van der Waals surface area contributed by atoms with Gasteiger partial charge in [-0.15, -0.1) is 0 Å². The molecule has 2 N–H and O–H groups in total. The van der Waals surface area contributed by atoms with Crippen LogP contribution in [0.2, 0.25) is 5.02 Å². The zero-order chi connectivity index (χ0) is 21.1. The number of hydrogen-bond donors (Lipinski definition) is 2. The highest BCUT2D eigenvalue weighted by atomic mass is 35.5. The minimum atomic E-state index is -0.670. The molecule has 0 unspecified atom stereocenters. The van der Waals surface area contributed by atoms with Crippen LogP contribution in [0.1, 0.15) is 35.2 Å². The molecule has 7 heteroatoms. The molecule has 1 aliphatic rings. The van der Waals surface area contributed by atoms with Crippen LogP contribution in [0.5, 0.6) is 0 Å². The normalized spacial score (nSPS) is 14.5. The monoisotopic (exact) mass is 423 g/mol. The standard InChI is InChI=1S/C23H19ClFN3O2/c24-17-4-1-3-15(13-17)21(29)28-20-10-5-16(14-26-20)23(11-2-12-23)22(30)27-19-8-6-18(25)7-9-19/h1,3-10,13-14H,2,11-12H2,(H,27,30)(H,26,28,29). The summed E-state index contributed by atoms with van der Waals surface area (Å²) < 4.78 is 13.1. The third-order valence-electron chi connectivity index (χ3n) is 5.39. The summed E-state index contributed by atoms with van der Waals surface area (Å²) in [6.07, 6.45) is 3.97. The SMILES string of the molecule is O=C(Nc1ccc(C2(C(=O)Nc3ccc(F)cc3)CCC2)cn1)c1cccc(Cl)c1. The van der Waals surface area contributed by atoms with E-state index in [2.05, 4.69) is 15.6 Å². The lowest BCUT2D eigenvalue weighted by Gasteiger charge is -2.40. The minimum Gasteiger partial charge on any atom is -0.325 e. The highest BCUT2D eigenvalue weighted by Gasteiger charge is 2.45. The van der Waals surface area contributed by atoms with E-state index < -0.39 is 5.41 Å². The fourth-order valence-corrected chi connectivity index (χ4v) is 3.72. The van der Waals surface area contributed by atoms with E-state index in [4.69, 9.17) is 11.6 Å². The molecular formula is C23H19ClFN3O2. The van der Waals surface area contributed by atoms with E-state index in [1.165, 1.54) is 24.3 Å². The van der Waals surface area contributed by atoms with E-state index in [1.807, 2.05) is 6.07 Å². The Bertz CT molecular complexity index is 1080. The van der Waals surface area contributed by atoms with Gasteiger partial charge in [0.25, 0.3) is 5.91 Å². The lowest BCUT2D eigenvalue weighted by atomic mass is 9.64. The van der Waals surface area contributed by atoms with Crippen LogP contribution in [0, 0.1) is 5.82 Å². The molecular weight excluding hydrogens is 405 g/mol. The van der Waals surface area contributed by atoms with Gasteiger partial charge in [-0.25, -0.2) is 9.37 Å². The Balaban J connectivity index is 1.48. The summed E-state index contributed by atoms with van der Waals surface area (Å²) in [6, 6.07) is 15.8. The van der Waals surface area contributed by atoms with Gasteiger partial charge in [0.1, 0.15) is 11.6 Å². The van der Waals surface area contributed by atoms with Crippen molar-refractivity contribution in [1.29, 1.82) is 0 Å². The Morgan fingerprint density at radius 2 is 1.77 bits per heavy atom. The molecule has 0 spiro atoms. The first-order valence-electron chi connectivity index (χ1n) is 9.57. The van der Waals surface area contributed by atoms with Crippen molar-refractivity contribution in [2.75, 3.05) is 10.6 Å². The highest BCUT2D eigenvalue weighted by molar-refractivity contribution is 6.31. The summed E-state index contributed by atoms with van der Waals surface area (Å²) in [7, 11) is 0. The molecule has 0 radical (unpaired) electrons. The lowest BCUT2D eigenvalue weighted by Crippen LogP contribution is -2.46. The van der Waals surface area contributed by atoms with Crippen molar-refractivity contribution in [2.45, 2.75) is 24.7 Å². The van der Waals surface area contributed by atoms with Crippen LogP contribution in [-0.4, -0.2) is 16.8 Å². The molecule has 2 amide bonds. The number of rotatable bonds is 5. The first-order chi connectivity index (χ1) is 14.5. The molecule has 5 nitrogen and oxygen atoms in total. The van der Waals surface area contributed by atoms with Crippen LogP contribution in [-0.2, 0) is 10.2 Å². The molecule has 1 aliphatic carbocycles. The summed E-state index contributed by atoms with van der Waals surface area (Å²) in [4.78, 5) is 29.6. The molecule has 1 fully saturated rings. The van der Waals surface area contributed by atoms with Crippen LogP contribution in [0.15, 0.2) is 66.9 Å². The minimum absolute atomic E-state index is 0.141. The number of nitrogens with one attached hydrogen (secondary N) is 2. The average Bonchev–Trinajstić information content (AvgIpc) is 2.70. The van der Waals surface area contributed by atoms with Crippen molar-refractivity contribution < 1.29 is 14.0 Å². The van der Waals surface area contributed by atoms with Gasteiger partial charge < -0.3 is 10.6 Å². The number of anilines is 2. The number of hydrogen-bond acceptors (Lipinski definition) is 3. The van der Waals surface area contributed by atoms with Gasteiger partial charge in [-0.05, 0) is 66.9 Å². The topological polar surface area (TPSA) is 71.1 Å². The number of benzene rings is 2. The van der Waals surface area contributed by atoms with Crippen LogP contribution >= 0.6 is 11.6 Å². The van der Waals surface area contributed by atoms with Crippen LogP contribution in [0.3, 0.4) is 0 Å². The maximum atomic E-state index is 13.1. The fraction of sp³-hybridized carbons (Fsp3) is 0.174. The molecule has 152 valence electrons. The van der Waals surface area contributed by atoms with Crippen LogP contribution in [0.4, 0.5) is 15.9 Å². The van der Waals surface area contributed by atoms with Crippen LogP contribution < -0.4 is 10.6 Å². The first kappa shape index (κ1) is 20.0. The largest absolute Gasteiger partial charge is 0.325 e. The van der Waals surface area contributed by atoms with Crippen molar-refractivity contribution in [1.82, 2.24) is 4.98 Å². The van der Waals surface area contributed by atoms with Crippen LogP contribution in [0.25, 0.3) is 0 Å². The molecule has 2 aromatic carbocycles. The summed E-state index contributed by atoms with van der Waals surface area (Å²) >= 11 is 5.93. The van der Waals surface area contributed by atoms with E-state index in [1.54, 1.807) is 36.5 Å². The van der Waals surface area contributed by atoms with E-state index in [0.717, 1.165) is 12.0 Å². The molecule has 0 atom stereocenters. The third kappa shape index (κ3) is 4.04. The Labute approximate surface area is 178 Å². The second kappa shape index (κ2) is 8.24. The van der Waals surface area contributed by atoms with Crippen molar-refractivity contribution in [3.8, 4) is 0 Å². The Hall–Kier alpha value is -3.25. The first-order valence-corrected chi connectivity index (χ1v) is 9.95. The number of amides is 2. The number of carbonyl (C=O) groups is 2. The quantitative estimate of drug-likeness (QED) is 0.593. The van der Waals surface area contributed by atoms with Gasteiger partial charge in [0.15, 0.2) is 0 Å². The Kier molecular flexibility index (Phi) is 5.50. The summed E-state index contributed by atoms with van der Waals surface area (Å²) in [6.45, 7) is 0. The number of carbonyl (C=O) groups excluding carboxylic acids is 2. The number of aromatic nitrogens is 1. The summed E-state index contributed by atoms with van der Waals surface area (Å²) in [5, 5.41) is 6.07. The third-order valence-corrected chi connectivity index (χ3v) is 5.62. The summed E-state index contributed by atoms with van der Waals surface area (Å²) in [5.74, 6) is -0.425. The average molecular weight is 424 g/mol. The predicted molar refractivity (Wildman–Crippen MR) is 114 cm³/mol. The molecule has 0 aliphatic heterocycles. The second-order valence-electron chi connectivity index (χ2n) is 7.29. The van der Waals surface area contributed by atoms with Gasteiger partial charge in [0.2, 0.25) is 5.91 Å². The Morgan fingerprint density at radius 3 is 2.37 bits per heavy atom. The van der Waals surface area contributed by atoms with E-state index in [0.29, 0.717) is 34.9 Å². The Morgan fingerprint density at radius 1 is 1.00 bits per heavy atom. The van der Waals surface area contributed by atoms with Gasteiger partial charge in [-0.2, -0.15) is 0 Å². The van der Waals surface area contributed by atoms with E-state index >= 15 is 0 Å². The lowest BCUT2D eigenvalue weighted by molar-refractivity contribution is -0.124. The smallest absolute Gasteiger partial charge is 0.256 e. The van der Waals surface area contributed by atoms with Gasteiger partial charge in [-0.3, -0.25) is 9.59 Å². The van der Waals surface area contributed by atoms with Gasteiger partial charge in [0.05, 0.1) is 5.41 Å². The maximum Gasteiger partial charge on any atom is 0.256 e. The molecule has 4 rings (SSSR count). The van der Waals surface area contributed by atoms with Crippen molar-refractivity contribution in [3.63, 3.8) is 0 Å². The van der Waals surface area contributed by atoms with Crippen molar-refractivity contribution >= 4 is 34.9 Å². The van der Waals surface area contributed by atoms with Gasteiger partial charge >= 0.3 is 0 Å². The zero-order valence-corrected chi connectivity index (χ0v) is 16.7. The summed E-state index contributed by atoms with van der Waals surface area (Å²) in [5.41, 5.74) is 1.10. The molecule has 1 heterocycles. The van der Waals surface area contributed by atoms with Crippen molar-refractivity contribution in [3.05, 3.63) is 88.8 Å². The molecule has 3 aromatic rings.